The quantitative estimate of drug-likeness (QED) is 0.728. The molecule has 0 spiro atoms. The zero-order chi connectivity index (χ0) is 16.2. The van der Waals surface area contributed by atoms with E-state index in [2.05, 4.69) is 28.6 Å². The number of benzene rings is 1. The first-order valence-corrected chi connectivity index (χ1v) is 9.58. The van der Waals surface area contributed by atoms with E-state index in [9.17, 15) is 0 Å². The average Bonchev–Trinajstić information content (AvgIpc) is 2.67. The topological polar surface area (TPSA) is 37.3 Å². The van der Waals surface area contributed by atoms with Crippen molar-refractivity contribution in [2.45, 2.75) is 57.8 Å². The van der Waals surface area contributed by atoms with Crippen molar-refractivity contribution in [2.24, 2.45) is 16.9 Å². The average molecular weight is 321 g/mol. The Labute approximate surface area is 144 Å². The minimum atomic E-state index is 0.701. The summed E-state index contributed by atoms with van der Waals surface area (Å²) in [5.41, 5.74) is 5.67. The van der Waals surface area contributed by atoms with Gasteiger partial charge in [0.25, 0.3) is 0 Å². The molecular weight excluding hydrogens is 294 g/mol. The molecule has 0 amide bonds. The van der Waals surface area contributed by atoms with Crippen LogP contribution in [0.2, 0.25) is 0 Å². The Morgan fingerprint density at radius 2 is 1.71 bits per heavy atom. The number of fused-ring (bicyclic) bond motifs is 1. The molecule has 1 N–H and O–H groups in total. The Morgan fingerprint density at radius 3 is 2.62 bits per heavy atom. The normalized spacial score (nSPS) is 24.3. The standard InChI is InChI=1S/C21H27N3/c1-2-8-16(9-3-1)18-11-5-7-13-20(18)23-24-21-15-14-17-10-4-6-12-19(17)22-21/h4,6,10,12,14-16,18H,1-3,5,7-9,11,13H2,(H,22,24)/b23-20+. The molecule has 0 bridgehead atoms. The molecular formula is C21H27N3. The maximum atomic E-state index is 4.82. The highest BCUT2D eigenvalue weighted by molar-refractivity contribution is 5.88. The molecule has 2 aliphatic carbocycles. The summed E-state index contributed by atoms with van der Waals surface area (Å²) in [6, 6.07) is 12.4. The third-order valence-electron chi connectivity index (χ3n) is 5.76. The maximum Gasteiger partial charge on any atom is 0.146 e. The van der Waals surface area contributed by atoms with Crippen molar-refractivity contribution in [3.05, 3.63) is 36.4 Å². The molecule has 126 valence electrons. The predicted molar refractivity (Wildman–Crippen MR) is 101 cm³/mol. The molecule has 4 rings (SSSR count). The van der Waals surface area contributed by atoms with Gasteiger partial charge in [-0.2, -0.15) is 5.10 Å². The van der Waals surface area contributed by atoms with Gasteiger partial charge in [0.05, 0.1) is 5.52 Å². The van der Waals surface area contributed by atoms with Gasteiger partial charge in [0.15, 0.2) is 0 Å². The number of hydrogen-bond acceptors (Lipinski definition) is 3. The van der Waals surface area contributed by atoms with Crippen molar-refractivity contribution < 1.29 is 0 Å². The van der Waals surface area contributed by atoms with Gasteiger partial charge in [-0.3, -0.25) is 5.43 Å². The van der Waals surface area contributed by atoms with Crippen molar-refractivity contribution in [3.63, 3.8) is 0 Å². The molecule has 0 saturated heterocycles. The summed E-state index contributed by atoms with van der Waals surface area (Å²) >= 11 is 0. The summed E-state index contributed by atoms with van der Waals surface area (Å²) in [7, 11) is 0. The van der Waals surface area contributed by atoms with Crippen LogP contribution >= 0.6 is 0 Å². The van der Waals surface area contributed by atoms with Crippen LogP contribution in [-0.2, 0) is 0 Å². The highest BCUT2D eigenvalue weighted by Gasteiger charge is 2.29. The van der Waals surface area contributed by atoms with Gasteiger partial charge in [0.2, 0.25) is 0 Å². The monoisotopic (exact) mass is 321 g/mol. The first-order chi connectivity index (χ1) is 11.9. The van der Waals surface area contributed by atoms with Crippen molar-refractivity contribution in [1.29, 1.82) is 0 Å². The summed E-state index contributed by atoms with van der Waals surface area (Å²) in [4.78, 5) is 4.68. The third kappa shape index (κ3) is 3.45. The SMILES string of the molecule is c1ccc2nc(N/N=C3\CCCCC3C3CCCCC3)ccc2c1. The van der Waals surface area contributed by atoms with E-state index in [0.717, 1.165) is 23.7 Å². The summed E-state index contributed by atoms with van der Waals surface area (Å²) < 4.78 is 0. The molecule has 1 unspecified atom stereocenters. The number of para-hydroxylation sites is 1. The molecule has 1 aromatic heterocycles. The molecule has 2 saturated carbocycles. The van der Waals surface area contributed by atoms with Gasteiger partial charge >= 0.3 is 0 Å². The minimum absolute atomic E-state index is 0.701. The number of rotatable bonds is 3. The van der Waals surface area contributed by atoms with Crippen LogP contribution in [0.25, 0.3) is 10.9 Å². The van der Waals surface area contributed by atoms with Crippen LogP contribution in [0.15, 0.2) is 41.5 Å². The molecule has 0 aliphatic heterocycles. The molecule has 3 nitrogen and oxygen atoms in total. The summed E-state index contributed by atoms with van der Waals surface area (Å²) in [5, 5.41) is 6.00. The zero-order valence-corrected chi connectivity index (χ0v) is 14.4. The second-order valence-corrected chi connectivity index (χ2v) is 7.35. The van der Waals surface area contributed by atoms with E-state index >= 15 is 0 Å². The summed E-state index contributed by atoms with van der Waals surface area (Å²) in [5.74, 6) is 2.42. The van der Waals surface area contributed by atoms with Crippen LogP contribution in [0.4, 0.5) is 5.82 Å². The van der Waals surface area contributed by atoms with E-state index in [0.29, 0.717) is 5.92 Å². The van der Waals surface area contributed by atoms with Crippen molar-refractivity contribution in [1.82, 2.24) is 4.98 Å². The molecule has 0 radical (unpaired) electrons. The van der Waals surface area contributed by atoms with Crippen LogP contribution < -0.4 is 5.43 Å². The van der Waals surface area contributed by atoms with E-state index in [-0.39, 0.29) is 0 Å². The number of anilines is 1. The molecule has 1 aromatic carbocycles. The number of pyridine rings is 1. The minimum Gasteiger partial charge on any atom is -0.261 e. The van der Waals surface area contributed by atoms with Gasteiger partial charge in [-0.05, 0) is 56.2 Å². The van der Waals surface area contributed by atoms with Crippen molar-refractivity contribution in [3.8, 4) is 0 Å². The van der Waals surface area contributed by atoms with Gasteiger partial charge in [-0.25, -0.2) is 4.98 Å². The van der Waals surface area contributed by atoms with E-state index in [1.54, 1.807) is 0 Å². The summed E-state index contributed by atoms with van der Waals surface area (Å²) in [6.07, 6.45) is 12.2. The lowest BCUT2D eigenvalue weighted by atomic mass is 9.72. The molecule has 2 aliphatic rings. The largest absolute Gasteiger partial charge is 0.261 e. The highest BCUT2D eigenvalue weighted by atomic mass is 15.3. The highest BCUT2D eigenvalue weighted by Crippen LogP contribution is 2.37. The fourth-order valence-electron chi connectivity index (χ4n) is 4.46. The van der Waals surface area contributed by atoms with Gasteiger partial charge in [-0.1, -0.05) is 43.9 Å². The van der Waals surface area contributed by atoms with Crippen molar-refractivity contribution in [2.75, 3.05) is 5.43 Å². The number of nitrogens with one attached hydrogen (secondary N) is 1. The van der Waals surface area contributed by atoms with Crippen LogP contribution in [0.5, 0.6) is 0 Å². The second kappa shape index (κ2) is 7.33. The fourth-order valence-corrected chi connectivity index (χ4v) is 4.46. The maximum absolute atomic E-state index is 4.82. The van der Waals surface area contributed by atoms with Crippen molar-refractivity contribution >= 4 is 22.4 Å². The van der Waals surface area contributed by atoms with Crippen LogP contribution in [-0.4, -0.2) is 10.7 Å². The number of hydrogen-bond donors (Lipinski definition) is 1. The third-order valence-corrected chi connectivity index (χ3v) is 5.76. The lowest BCUT2D eigenvalue weighted by molar-refractivity contribution is 0.274. The lowest BCUT2D eigenvalue weighted by Gasteiger charge is -2.33. The molecule has 1 heterocycles. The first kappa shape index (κ1) is 15.6. The molecule has 3 heteroatoms. The van der Waals surface area contributed by atoms with Crippen LogP contribution in [0.1, 0.15) is 57.8 Å². The molecule has 2 fully saturated rings. The number of aromatic nitrogens is 1. The van der Waals surface area contributed by atoms with Gasteiger partial charge < -0.3 is 0 Å². The Morgan fingerprint density at radius 1 is 0.875 bits per heavy atom. The Balaban J connectivity index is 1.51. The van der Waals surface area contributed by atoms with E-state index in [4.69, 9.17) is 5.10 Å². The predicted octanol–water partition coefficient (Wildman–Crippen LogP) is 5.77. The number of nitrogens with zero attached hydrogens (tertiary/aromatic N) is 2. The van der Waals surface area contributed by atoms with Gasteiger partial charge in [-0.15, -0.1) is 0 Å². The Bertz CT molecular complexity index is 716. The van der Waals surface area contributed by atoms with Crippen LogP contribution in [0, 0.1) is 11.8 Å². The van der Waals surface area contributed by atoms with E-state index in [1.807, 2.05) is 18.2 Å². The Hall–Kier alpha value is -1.90. The fraction of sp³-hybridized carbons (Fsp3) is 0.524. The van der Waals surface area contributed by atoms with Gasteiger partial charge in [0, 0.05) is 17.0 Å². The lowest BCUT2D eigenvalue weighted by Crippen LogP contribution is -2.29. The molecule has 24 heavy (non-hydrogen) atoms. The van der Waals surface area contributed by atoms with E-state index < -0.39 is 0 Å². The molecule has 2 aromatic rings. The van der Waals surface area contributed by atoms with Crippen LogP contribution in [0.3, 0.4) is 0 Å². The van der Waals surface area contributed by atoms with E-state index in [1.165, 1.54) is 62.5 Å². The zero-order valence-electron chi connectivity index (χ0n) is 14.4. The smallest absolute Gasteiger partial charge is 0.146 e. The molecule has 1 atom stereocenters. The Kier molecular flexibility index (Phi) is 4.77. The van der Waals surface area contributed by atoms with Gasteiger partial charge in [0.1, 0.15) is 5.82 Å². The number of hydrazone groups is 1. The summed E-state index contributed by atoms with van der Waals surface area (Å²) in [6.45, 7) is 0. The first-order valence-electron chi connectivity index (χ1n) is 9.58. The second-order valence-electron chi connectivity index (χ2n) is 7.35.